The molecule has 0 bridgehead atoms. The normalized spacial score (nSPS) is 15.4. The molecule has 1 fully saturated rings. The van der Waals surface area contributed by atoms with Crippen molar-refractivity contribution < 1.29 is 27.8 Å². The van der Waals surface area contributed by atoms with Gasteiger partial charge in [0.05, 0.1) is 19.2 Å². The number of nitrogens with one attached hydrogen (secondary N) is 2. The molecule has 9 heteroatoms. The molecular formula is C23H28F3N3O3. The third-order valence-electron chi connectivity index (χ3n) is 5.59. The maximum Gasteiger partial charge on any atom is 0.416 e. The third kappa shape index (κ3) is 6.78. The van der Waals surface area contributed by atoms with E-state index in [0.29, 0.717) is 18.2 Å². The number of phenolic OH excluding ortho intramolecular Hbond substituents is 1. The number of phenols is 1. The minimum atomic E-state index is -4.41. The minimum absolute atomic E-state index is 0.0822. The van der Waals surface area contributed by atoms with Crippen LogP contribution in [0.25, 0.3) is 0 Å². The van der Waals surface area contributed by atoms with E-state index in [9.17, 15) is 23.1 Å². The SMILES string of the molecule is COc1ccc(CN2CCC(CNC(=O)CNc3cccc(C(F)(F)F)c3)CC2)cc1O. The van der Waals surface area contributed by atoms with E-state index in [-0.39, 0.29) is 23.9 Å². The van der Waals surface area contributed by atoms with Gasteiger partial charge in [-0.15, -0.1) is 0 Å². The lowest BCUT2D eigenvalue weighted by atomic mass is 9.96. The Bertz CT molecular complexity index is 913. The van der Waals surface area contributed by atoms with E-state index in [2.05, 4.69) is 15.5 Å². The first kappa shape index (κ1) is 23.7. The molecule has 1 heterocycles. The van der Waals surface area contributed by atoms with E-state index < -0.39 is 11.7 Å². The fourth-order valence-corrected chi connectivity index (χ4v) is 3.75. The molecule has 0 saturated carbocycles. The molecule has 0 atom stereocenters. The van der Waals surface area contributed by atoms with E-state index in [1.807, 2.05) is 6.07 Å². The summed E-state index contributed by atoms with van der Waals surface area (Å²) >= 11 is 0. The van der Waals surface area contributed by atoms with E-state index >= 15 is 0 Å². The van der Waals surface area contributed by atoms with Crippen LogP contribution in [0.2, 0.25) is 0 Å². The van der Waals surface area contributed by atoms with Crippen LogP contribution in [0.4, 0.5) is 18.9 Å². The summed E-state index contributed by atoms with van der Waals surface area (Å²) in [6.45, 7) is 2.96. The van der Waals surface area contributed by atoms with E-state index in [1.165, 1.54) is 19.2 Å². The maximum atomic E-state index is 12.8. The number of aromatic hydroxyl groups is 1. The second-order valence-electron chi connectivity index (χ2n) is 7.96. The molecule has 3 rings (SSSR count). The molecule has 2 aromatic carbocycles. The van der Waals surface area contributed by atoms with Crippen molar-refractivity contribution in [3.05, 3.63) is 53.6 Å². The summed E-state index contributed by atoms with van der Waals surface area (Å²) in [7, 11) is 1.51. The number of halogens is 3. The second-order valence-corrected chi connectivity index (χ2v) is 7.96. The molecule has 1 aliphatic heterocycles. The van der Waals surface area contributed by atoms with Crippen molar-refractivity contribution in [3.8, 4) is 11.5 Å². The van der Waals surface area contributed by atoms with Crippen molar-refractivity contribution in [1.29, 1.82) is 0 Å². The monoisotopic (exact) mass is 451 g/mol. The van der Waals surface area contributed by atoms with Crippen molar-refractivity contribution in [3.63, 3.8) is 0 Å². The van der Waals surface area contributed by atoms with Crippen LogP contribution in [0.3, 0.4) is 0 Å². The number of rotatable bonds is 8. The number of alkyl halides is 3. The average Bonchev–Trinajstić information content (AvgIpc) is 2.77. The molecule has 174 valence electrons. The number of hydrogen-bond donors (Lipinski definition) is 3. The Morgan fingerprint density at radius 1 is 1.19 bits per heavy atom. The van der Waals surface area contributed by atoms with Gasteiger partial charge in [0.25, 0.3) is 0 Å². The highest BCUT2D eigenvalue weighted by molar-refractivity contribution is 5.80. The van der Waals surface area contributed by atoms with Gasteiger partial charge in [0.1, 0.15) is 0 Å². The molecule has 1 amide bonds. The highest BCUT2D eigenvalue weighted by Crippen LogP contribution is 2.30. The van der Waals surface area contributed by atoms with E-state index in [4.69, 9.17) is 4.74 Å². The Labute approximate surface area is 185 Å². The van der Waals surface area contributed by atoms with Gasteiger partial charge in [-0.25, -0.2) is 0 Å². The van der Waals surface area contributed by atoms with Gasteiger partial charge in [-0.1, -0.05) is 12.1 Å². The van der Waals surface area contributed by atoms with E-state index in [1.54, 1.807) is 12.1 Å². The molecule has 0 aromatic heterocycles. The van der Waals surface area contributed by atoms with Gasteiger partial charge in [0, 0.05) is 18.8 Å². The fraction of sp³-hybridized carbons (Fsp3) is 0.435. The number of carbonyl (C=O) groups is 1. The molecule has 3 N–H and O–H groups in total. The van der Waals surface area contributed by atoms with Gasteiger partial charge in [-0.05, 0) is 67.7 Å². The molecular weight excluding hydrogens is 423 g/mol. The molecule has 0 radical (unpaired) electrons. The van der Waals surface area contributed by atoms with Crippen LogP contribution in [-0.2, 0) is 17.5 Å². The van der Waals surface area contributed by atoms with Crippen molar-refractivity contribution in [2.45, 2.75) is 25.6 Å². The molecule has 2 aromatic rings. The number of piperidine rings is 1. The first-order valence-electron chi connectivity index (χ1n) is 10.5. The Morgan fingerprint density at radius 2 is 1.94 bits per heavy atom. The number of anilines is 1. The summed E-state index contributed by atoms with van der Waals surface area (Å²) in [6, 6.07) is 10.2. The van der Waals surface area contributed by atoms with Gasteiger partial charge in [-0.2, -0.15) is 13.2 Å². The van der Waals surface area contributed by atoms with Crippen LogP contribution in [-0.4, -0.2) is 49.2 Å². The molecule has 0 aliphatic carbocycles. The lowest BCUT2D eigenvalue weighted by Crippen LogP contribution is -2.39. The van der Waals surface area contributed by atoms with Crippen LogP contribution in [0.5, 0.6) is 11.5 Å². The van der Waals surface area contributed by atoms with Crippen LogP contribution in [0.15, 0.2) is 42.5 Å². The van der Waals surface area contributed by atoms with Crippen molar-refractivity contribution in [2.75, 3.05) is 38.6 Å². The van der Waals surface area contributed by atoms with Crippen LogP contribution in [0.1, 0.15) is 24.0 Å². The number of benzene rings is 2. The lowest BCUT2D eigenvalue weighted by molar-refractivity contribution is -0.137. The number of likely N-dealkylation sites (tertiary alicyclic amines) is 1. The summed E-state index contributed by atoms with van der Waals surface area (Å²) in [6.07, 6.45) is -2.55. The Balaban J connectivity index is 1.37. The van der Waals surface area contributed by atoms with Crippen molar-refractivity contribution >= 4 is 11.6 Å². The van der Waals surface area contributed by atoms with Crippen LogP contribution >= 0.6 is 0 Å². The fourth-order valence-electron chi connectivity index (χ4n) is 3.75. The van der Waals surface area contributed by atoms with Gasteiger partial charge < -0.3 is 20.5 Å². The van der Waals surface area contributed by atoms with Crippen LogP contribution < -0.4 is 15.4 Å². The number of methoxy groups -OCH3 is 1. The van der Waals surface area contributed by atoms with Crippen LogP contribution in [0, 0.1) is 5.92 Å². The summed E-state index contributed by atoms with van der Waals surface area (Å²) in [5.74, 6) is 0.679. The number of amides is 1. The predicted molar refractivity (Wildman–Crippen MR) is 116 cm³/mol. The highest BCUT2D eigenvalue weighted by Gasteiger charge is 2.30. The largest absolute Gasteiger partial charge is 0.504 e. The number of ether oxygens (including phenoxy) is 1. The zero-order chi connectivity index (χ0) is 23.1. The zero-order valence-corrected chi connectivity index (χ0v) is 17.9. The topological polar surface area (TPSA) is 73.8 Å². The zero-order valence-electron chi connectivity index (χ0n) is 17.9. The lowest BCUT2D eigenvalue weighted by Gasteiger charge is -2.32. The molecule has 6 nitrogen and oxygen atoms in total. The Morgan fingerprint density at radius 3 is 2.59 bits per heavy atom. The van der Waals surface area contributed by atoms with Gasteiger partial charge in [0.2, 0.25) is 5.91 Å². The summed E-state index contributed by atoms with van der Waals surface area (Å²) in [5, 5.41) is 15.5. The van der Waals surface area contributed by atoms with Crippen molar-refractivity contribution in [2.24, 2.45) is 5.92 Å². The second kappa shape index (κ2) is 10.6. The molecule has 0 spiro atoms. The molecule has 1 aliphatic rings. The molecule has 32 heavy (non-hydrogen) atoms. The van der Waals surface area contributed by atoms with E-state index in [0.717, 1.165) is 50.2 Å². The quantitative estimate of drug-likeness (QED) is 0.569. The average molecular weight is 451 g/mol. The highest BCUT2D eigenvalue weighted by atomic mass is 19.4. The number of nitrogens with zero attached hydrogens (tertiary/aromatic N) is 1. The maximum absolute atomic E-state index is 12.8. The number of hydrogen-bond acceptors (Lipinski definition) is 5. The first-order chi connectivity index (χ1) is 15.2. The minimum Gasteiger partial charge on any atom is -0.504 e. The predicted octanol–water partition coefficient (Wildman–Crippen LogP) is 3.86. The van der Waals surface area contributed by atoms with Gasteiger partial charge >= 0.3 is 6.18 Å². The first-order valence-corrected chi connectivity index (χ1v) is 10.5. The van der Waals surface area contributed by atoms with Crippen molar-refractivity contribution in [1.82, 2.24) is 10.2 Å². The smallest absolute Gasteiger partial charge is 0.416 e. The molecule has 0 unspecified atom stereocenters. The van der Waals surface area contributed by atoms with Gasteiger partial charge in [0.15, 0.2) is 11.5 Å². The van der Waals surface area contributed by atoms with Gasteiger partial charge in [-0.3, -0.25) is 9.69 Å². The standard InChI is InChI=1S/C23H28F3N3O3/c1-32-21-6-5-17(11-20(21)30)15-29-9-7-16(8-10-29)13-28-22(31)14-27-19-4-2-3-18(12-19)23(24,25)26/h2-6,11-12,16,27,30H,7-10,13-15H2,1H3,(H,28,31). The summed E-state index contributed by atoms with van der Waals surface area (Å²) in [4.78, 5) is 14.4. The molecule has 1 saturated heterocycles. The summed E-state index contributed by atoms with van der Waals surface area (Å²) in [5.41, 5.74) is 0.517. The number of carbonyl (C=O) groups excluding carboxylic acids is 1. The Hall–Kier alpha value is -2.94. The Kier molecular flexibility index (Phi) is 7.84. The third-order valence-corrected chi connectivity index (χ3v) is 5.59. The summed E-state index contributed by atoms with van der Waals surface area (Å²) < 4.78 is 43.4.